The van der Waals surface area contributed by atoms with E-state index in [1.807, 2.05) is 33.9 Å². The number of aromatic nitrogens is 4. The minimum atomic E-state index is -0.265. The third kappa shape index (κ3) is 2.80. The second-order valence-electron chi connectivity index (χ2n) is 5.70. The fourth-order valence-electron chi connectivity index (χ4n) is 2.64. The van der Waals surface area contributed by atoms with Crippen molar-refractivity contribution >= 4 is 23.2 Å². The van der Waals surface area contributed by atoms with Gasteiger partial charge in [-0.1, -0.05) is 17.7 Å². The molecule has 2 N–H and O–H groups in total. The number of nitrogens with one attached hydrogen (secondary N) is 2. The van der Waals surface area contributed by atoms with Gasteiger partial charge in [0.2, 0.25) is 0 Å². The van der Waals surface area contributed by atoms with Crippen LogP contribution in [0.4, 0.5) is 5.69 Å². The minimum absolute atomic E-state index is 0.265. The summed E-state index contributed by atoms with van der Waals surface area (Å²) in [6.07, 6.45) is 0. The molecule has 1 amide bonds. The molecule has 0 spiro atoms. The van der Waals surface area contributed by atoms with Crippen LogP contribution >= 0.6 is 11.6 Å². The van der Waals surface area contributed by atoms with E-state index in [1.54, 1.807) is 22.9 Å². The van der Waals surface area contributed by atoms with Crippen molar-refractivity contribution in [2.24, 2.45) is 7.05 Å². The van der Waals surface area contributed by atoms with Crippen LogP contribution in [0.1, 0.15) is 27.4 Å². The Hall–Kier alpha value is -2.60. The van der Waals surface area contributed by atoms with E-state index in [4.69, 9.17) is 11.6 Å². The smallest absolute Gasteiger partial charge is 0.273 e. The predicted molar refractivity (Wildman–Crippen MR) is 94.4 cm³/mol. The molecule has 6 nitrogen and oxygen atoms in total. The zero-order valence-electron chi connectivity index (χ0n) is 13.9. The molecule has 1 aromatic carbocycles. The quantitative estimate of drug-likeness (QED) is 0.762. The Morgan fingerprint density at radius 3 is 2.71 bits per heavy atom. The monoisotopic (exact) mass is 343 g/mol. The van der Waals surface area contributed by atoms with Gasteiger partial charge in [-0.2, -0.15) is 10.2 Å². The number of nitrogens with zero attached hydrogens (tertiary/aromatic N) is 3. The van der Waals surface area contributed by atoms with Gasteiger partial charge < -0.3 is 5.32 Å². The number of halogens is 1. The van der Waals surface area contributed by atoms with E-state index < -0.39 is 0 Å². The van der Waals surface area contributed by atoms with Crippen LogP contribution in [-0.4, -0.2) is 25.9 Å². The summed E-state index contributed by atoms with van der Waals surface area (Å²) < 4.78 is 1.80. The lowest BCUT2D eigenvalue weighted by Crippen LogP contribution is -2.13. The molecule has 7 heteroatoms. The Kier molecular flexibility index (Phi) is 4.15. The molecule has 3 aromatic rings. The van der Waals surface area contributed by atoms with E-state index in [1.165, 1.54) is 0 Å². The van der Waals surface area contributed by atoms with Crippen LogP contribution < -0.4 is 5.32 Å². The van der Waals surface area contributed by atoms with Crippen LogP contribution in [0.25, 0.3) is 11.3 Å². The molecule has 0 atom stereocenters. The fraction of sp³-hybridized carbons (Fsp3) is 0.235. The number of aromatic amines is 1. The van der Waals surface area contributed by atoms with Gasteiger partial charge in [-0.15, -0.1) is 0 Å². The van der Waals surface area contributed by atoms with Crippen LogP contribution in [0.5, 0.6) is 0 Å². The molecule has 0 aliphatic rings. The van der Waals surface area contributed by atoms with Crippen molar-refractivity contribution in [3.05, 3.63) is 51.9 Å². The summed E-state index contributed by atoms with van der Waals surface area (Å²) >= 11 is 6.08. The normalized spacial score (nSPS) is 10.9. The van der Waals surface area contributed by atoms with E-state index >= 15 is 0 Å². The van der Waals surface area contributed by atoms with Crippen LogP contribution in [0.3, 0.4) is 0 Å². The SMILES string of the molecule is Cc1nn(C)c(C)c1-c1cc(C(=O)Nc2cccc(Cl)c2C)[nH]n1. The Morgan fingerprint density at radius 2 is 2.04 bits per heavy atom. The molecule has 0 fully saturated rings. The van der Waals surface area contributed by atoms with Crippen molar-refractivity contribution < 1.29 is 4.79 Å². The number of carbonyl (C=O) groups excluding carboxylic acids is 1. The summed E-state index contributed by atoms with van der Waals surface area (Å²) in [4.78, 5) is 12.5. The maximum absolute atomic E-state index is 12.5. The highest BCUT2D eigenvalue weighted by atomic mass is 35.5. The van der Waals surface area contributed by atoms with Crippen molar-refractivity contribution in [2.75, 3.05) is 5.32 Å². The molecule has 24 heavy (non-hydrogen) atoms. The number of aryl methyl sites for hydroxylation is 2. The molecular weight excluding hydrogens is 326 g/mol. The molecule has 0 aliphatic carbocycles. The van der Waals surface area contributed by atoms with Crippen molar-refractivity contribution in [1.82, 2.24) is 20.0 Å². The first-order valence-electron chi connectivity index (χ1n) is 7.51. The van der Waals surface area contributed by atoms with Gasteiger partial charge in [0.1, 0.15) is 5.69 Å². The zero-order valence-corrected chi connectivity index (χ0v) is 14.7. The molecule has 124 valence electrons. The highest BCUT2D eigenvalue weighted by molar-refractivity contribution is 6.31. The Balaban J connectivity index is 1.88. The van der Waals surface area contributed by atoms with Crippen LogP contribution in [0.15, 0.2) is 24.3 Å². The van der Waals surface area contributed by atoms with Crippen molar-refractivity contribution in [3.8, 4) is 11.3 Å². The van der Waals surface area contributed by atoms with Gasteiger partial charge in [-0.25, -0.2) is 0 Å². The number of amides is 1. The van der Waals surface area contributed by atoms with Crippen molar-refractivity contribution in [2.45, 2.75) is 20.8 Å². The highest BCUT2D eigenvalue weighted by Gasteiger charge is 2.17. The summed E-state index contributed by atoms with van der Waals surface area (Å²) in [6.45, 7) is 5.75. The highest BCUT2D eigenvalue weighted by Crippen LogP contribution is 2.26. The first kappa shape index (κ1) is 16.3. The third-order valence-corrected chi connectivity index (χ3v) is 4.51. The molecule has 0 saturated carbocycles. The van der Waals surface area contributed by atoms with Gasteiger partial charge >= 0.3 is 0 Å². The molecule has 3 rings (SSSR count). The van der Waals surface area contributed by atoms with Gasteiger partial charge in [0.25, 0.3) is 5.91 Å². The maximum Gasteiger partial charge on any atom is 0.273 e. The van der Waals surface area contributed by atoms with Crippen molar-refractivity contribution in [3.63, 3.8) is 0 Å². The lowest BCUT2D eigenvalue weighted by atomic mass is 10.1. The number of anilines is 1. The summed E-state index contributed by atoms with van der Waals surface area (Å²) in [5.74, 6) is -0.265. The van der Waals surface area contributed by atoms with Gasteiger partial charge in [0, 0.05) is 29.0 Å². The summed E-state index contributed by atoms with van der Waals surface area (Å²) in [5.41, 5.74) is 5.39. The molecule has 0 radical (unpaired) electrons. The van der Waals surface area contributed by atoms with Gasteiger partial charge in [-0.05, 0) is 44.5 Å². The number of rotatable bonds is 3. The first-order valence-corrected chi connectivity index (χ1v) is 7.88. The second-order valence-corrected chi connectivity index (χ2v) is 6.11. The maximum atomic E-state index is 12.5. The Morgan fingerprint density at radius 1 is 1.29 bits per heavy atom. The second kappa shape index (κ2) is 6.13. The van der Waals surface area contributed by atoms with E-state index in [2.05, 4.69) is 20.6 Å². The number of benzene rings is 1. The molecule has 0 bridgehead atoms. The topological polar surface area (TPSA) is 75.6 Å². The molecule has 0 aliphatic heterocycles. The Labute approximate surface area is 144 Å². The summed E-state index contributed by atoms with van der Waals surface area (Å²) in [5, 5.41) is 14.9. The van der Waals surface area contributed by atoms with Crippen LogP contribution in [0, 0.1) is 20.8 Å². The lowest BCUT2D eigenvalue weighted by Gasteiger charge is -2.08. The Bertz CT molecular complexity index is 925. The minimum Gasteiger partial charge on any atom is -0.320 e. The average Bonchev–Trinajstić information content (AvgIpc) is 3.10. The third-order valence-electron chi connectivity index (χ3n) is 4.10. The number of hydrogen-bond acceptors (Lipinski definition) is 3. The number of carbonyl (C=O) groups is 1. The lowest BCUT2D eigenvalue weighted by molar-refractivity contribution is 0.102. The number of hydrogen-bond donors (Lipinski definition) is 2. The zero-order chi connectivity index (χ0) is 17.4. The van der Waals surface area contributed by atoms with Gasteiger partial charge in [0.05, 0.1) is 11.4 Å². The first-order chi connectivity index (χ1) is 11.4. The predicted octanol–water partition coefficient (Wildman–Crippen LogP) is 3.64. The van der Waals surface area contributed by atoms with Gasteiger partial charge in [-0.3, -0.25) is 14.6 Å². The average molecular weight is 344 g/mol. The molecule has 2 aromatic heterocycles. The van der Waals surface area contributed by atoms with E-state index in [0.29, 0.717) is 22.1 Å². The molecular formula is C17H18ClN5O. The molecule has 0 unspecified atom stereocenters. The summed E-state index contributed by atoms with van der Waals surface area (Å²) in [7, 11) is 1.88. The van der Waals surface area contributed by atoms with E-state index in [-0.39, 0.29) is 5.91 Å². The molecule has 0 saturated heterocycles. The van der Waals surface area contributed by atoms with E-state index in [0.717, 1.165) is 22.5 Å². The molecule has 2 heterocycles. The standard InChI is InChI=1S/C17H18ClN5O/c1-9-12(18)6-5-7-13(9)19-17(24)15-8-14(20-21-15)16-10(2)22-23(4)11(16)3/h5-8H,1-4H3,(H,19,24)(H,20,21). The largest absolute Gasteiger partial charge is 0.320 e. The van der Waals surface area contributed by atoms with Crippen LogP contribution in [-0.2, 0) is 7.05 Å². The number of H-pyrrole nitrogens is 1. The van der Waals surface area contributed by atoms with E-state index in [9.17, 15) is 4.79 Å². The van der Waals surface area contributed by atoms with Crippen molar-refractivity contribution in [1.29, 1.82) is 0 Å². The van der Waals surface area contributed by atoms with Crippen LogP contribution in [0.2, 0.25) is 5.02 Å². The van der Waals surface area contributed by atoms with Gasteiger partial charge in [0.15, 0.2) is 0 Å². The fourth-order valence-corrected chi connectivity index (χ4v) is 2.82. The summed E-state index contributed by atoms with van der Waals surface area (Å²) in [6, 6.07) is 7.12.